The molecule has 0 spiro atoms. The first kappa shape index (κ1) is 11.5. The maximum absolute atomic E-state index is 13.5. The van der Waals surface area contributed by atoms with E-state index in [4.69, 9.17) is 0 Å². The molecule has 0 aliphatic rings. The highest BCUT2D eigenvalue weighted by molar-refractivity contribution is 5.51. The predicted molar refractivity (Wildman–Crippen MR) is 70.5 cm³/mol. The van der Waals surface area contributed by atoms with Crippen LogP contribution >= 0.6 is 0 Å². The summed E-state index contributed by atoms with van der Waals surface area (Å²) in [6, 6.07) is 11.9. The lowest BCUT2D eigenvalue weighted by Crippen LogP contribution is -1.81. The summed E-state index contributed by atoms with van der Waals surface area (Å²) in [6.45, 7) is 1.85. The van der Waals surface area contributed by atoms with Crippen molar-refractivity contribution in [2.45, 2.75) is 6.92 Å². The zero-order valence-electron chi connectivity index (χ0n) is 10.3. The number of hydrogen-bond acceptors (Lipinski definition) is 3. The highest BCUT2D eigenvalue weighted by Crippen LogP contribution is 2.24. The second kappa shape index (κ2) is 4.61. The Hall–Kier alpha value is -2.56. The van der Waals surface area contributed by atoms with E-state index < -0.39 is 5.82 Å². The van der Waals surface area contributed by atoms with Gasteiger partial charge in [0, 0.05) is 6.20 Å². The Morgan fingerprint density at radius 3 is 2.68 bits per heavy atom. The lowest BCUT2D eigenvalue weighted by atomic mass is 10.3. The molecule has 19 heavy (non-hydrogen) atoms. The van der Waals surface area contributed by atoms with Crippen LogP contribution in [0.2, 0.25) is 0 Å². The van der Waals surface area contributed by atoms with Gasteiger partial charge in [-0.15, -0.1) is 10.2 Å². The van der Waals surface area contributed by atoms with Crippen LogP contribution in [0.15, 0.2) is 58.9 Å². The van der Waals surface area contributed by atoms with Gasteiger partial charge in [0.1, 0.15) is 11.3 Å². The van der Waals surface area contributed by atoms with Gasteiger partial charge in [-0.25, -0.2) is 9.37 Å². The number of aryl methyl sites for hydroxylation is 1. The van der Waals surface area contributed by atoms with Crippen LogP contribution in [-0.4, -0.2) is 9.38 Å². The quantitative estimate of drug-likeness (QED) is 0.632. The largest absolute Gasteiger partial charge is 0.283 e. The van der Waals surface area contributed by atoms with Crippen molar-refractivity contribution in [3.8, 4) is 0 Å². The van der Waals surface area contributed by atoms with E-state index in [9.17, 15) is 4.39 Å². The van der Waals surface area contributed by atoms with Gasteiger partial charge in [0.25, 0.3) is 0 Å². The minimum absolute atomic E-state index is 0.216. The fraction of sp³-hybridized carbons (Fsp3) is 0.0714. The lowest BCUT2D eigenvalue weighted by Gasteiger charge is -1.96. The Morgan fingerprint density at radius 1 is 1.05 bits per heavy atom. The molecule has 0 bridgehead atoms. The molecule has 5 heteroatoms. The number of fused-ring (bicyclic) bond motifs is 1. The third kappa shape index (κ3) is 2.10. The highest BCUT2D eigenvalue weighted by atomic mass is 19.1. The van der Waals surface area contributed by atoms with Crippen molar-refractivity contribution in [2.75, 3.05) is 0 Å². The second-order valence-electron chi connectivity index (χ2n) is 4.10. The standard InChI is InChI=1S/C14H11FN4/c1-10-14(19-9-5-4-8-13(19)16-10)18-17-12-7-3-2-6-11(12)15/h2-9H,1H3. The Kier molecular flexibility index (Phi) is 2.79. The number of nitrogens with zero attached hydrogens (tertiary/aromatic N) is 4. The topological polar surface area (TPSA) is 42.0 Å². The van der Waals surface area contributed by atoms with Gasteiger partial charge in [0.2, 0.25) is 0 Å². The normalized spacial score (nSPS) is 11.5. The van der Waals surface area contributed by atoms with E-state index in [1.807, 2.05) is 35.7 Å². The van der Waals surface area contributed by atoms with Gasteiger partial charge in [0.15, 0.2) is 11.6 Å². The molecule has 0 fully saturated rings. The maximum atomic E-state index is 13.5. The molecule has 0 saturated carbocycles. The minimum Gasteiger partial charge on any atom is -0.283 e. The molecule has 0 aliphatic heterocycles. The van der Waals surface area contributed by atoms with Gasteiger partial charge in [-0.1, -0.05) is 18.2 Å². The number of imidazole rings is 1. The first-order valence-corrected chi connectivity index (χ1v) is 5.85. The molecule has 0 N–H and O–H groups in total. The number of aromatic nitrogens is 2. The van der Waals surface area contributed by atoms with Crippen LogP contribution in [0.1, 0.15) is 5.69 Å². The van der Waals surface area contributed by atoms with Crippen molar-refractivity contribution in [3.05, 3.63) is 60.2 Å². The molecule has 0 radical (unpaired) electrons. The van der Waals surface area contributed by atoms with Gasteiger partial charge in [-0.05, 0) is 31.2 Å². The number of halogens is 1. The summed E-state index contributed by atoms with van der Waals surface area (Å²) >= 11 is 0. The van der Waals surface area contributed by atoms with Gasteiger partial charge >= 0.3 is 0 Å². The summed E-state index contributed by atoms with van der Waals surface area (Å²) in [5.74, 6) is 0.219. The van der Waals surface area contributed by atoms with E-state index in [0.717, 1.165) is 11.3 Å². The molecular weight excluding hydrogens is 243 g/mol. The van der Waals surface area contributed by atoms with Gasteiger partial charge < -0.3 is 0 Å². The third-order valence-corrected chi connectivity index (χ3v) is 2.78. The molecule has 4 nitrogen and oxygen atoms in total. The summed E-state index contributed by atoms with van der Waals surface area (Å²) in [5, 5.41) is 8.06. The first-order chi connectivity index (χ1) is 9.25. The Morgan fingerprint density at radius 2 is 1.84 bits per heavy atom. The molecule has 3 aromatic rings. The summed E-state index contributed by atoms with van der Waals surface area (Å²) < 4.78 is 15.3. The van der Waals surface area contributed by atoms with Crippen LogP contribution in [0, 0.1) is 12.7 Å². The van der Waals surface area contributed by atoms with Crippen LogP contribution in [0.3, 0.4) is 0 Å². The summed E-state index contributed by atoms with van der Waals surface area (Å²) in [4.78, 5) is 4.36. The number of hydrogen-bond donors (Lipinski definition) is 0. The zero-order chi connectivity index (χ0) is 13.2. The van der Waals surface area contributed by atoms with Crippen molar-refractivity contribution < 1.29 is 4.39 Å². The molecule has 0 atom stereocenters. The van der Waals surface area contributed by atoms with E-state index in [2.05, 4.69) is 15.2 Å². The average Bonchev–Trinajstić information content (AvgIpc) is 2.74. The molecule has 2 aromatic heterocycles. The Bertz CT molecular complexity index is 761. The fourth-order valence-corrected chi connectivity index (χ4v) is 1.86. The minimum atomic E-state index is -0.391. The van der Waals surface area contributed by atoms with E-state index in [0.29, 0.717) is 5.82 Å². The molecule has 0 saturated heterocycles. The second-order valence-corrected chi connectivity index (χ2v) is 4.10. The molecule has 0 unspecified atom stereocenters. The molecule has 2 heterocycles. The van der Waals surface area contributed by atoms with Crippen molar-refractivity contribution in [1.82, 2.24) is 9.38 Å². The third-order valence-electron chi connectivity index (χ3n) is 2.78. The maximum Gasteiger partial charge on any atom is 0.182 e. The summed E-state index contributed by atoms with van der Waals surface area (Å²) in [5.41, 5.74) is 1.77. The summed E-state index contributed by atoms with van der Waals surface area (Å²) in [6.07, 6.45) is 1.85. The number of pyridine rings is 1. The van der Waals surface area contributed by atoms with Crippen LogP contribution in [0.5, 0.6) is 0 Å². The predicted octanol–water partition coefficient (Wildman–Crippen LogP) is 4.20. The van der Waals surface area contributed by atoms with Gasteiger partial charge in [-0.3, -0.25) is 4.40 Å². The van der Waals surface area contributed by atoms with E-state index in [-0.39, 0.29) is 5.69 Å². The molecule has 3 rings (SSSR count). The highest BCUT2D eigenvalue weighted by Gasteiger charge is 2.07. The molecular formula is C14H11FN4. The zero-order valence-corrected chi connectivity index (χ0v) is 10.3. The number of azo groups is 1. The van der Waals surface area contributed by atoms with E-state index >= 15 is 0 Å². The number of benzene rings is 1. The molecule has 0 amide bonds. The Balaban J connectivity index is 2.06. The van der Waals surface area contributed by atoms with E-state index in [1.54, 1.807) is 18.2 Å². The van der Waals surface area contributed by atoms with Gasteiger partial charge in [-0.2, -0.15) is 0 Å². The Labute approximate surface area is 109 Å². The van der Waals surface area contributed by atoms with Crippen molar-refractivity contribution in [1.29, 1.82) is 0 Å². The first-order valence-electron chi connectivity index (χ1n) is 5.85. The lowest BCUT2D eigenvalue weighted by molar-refractivity contribution is 0.628. The molecule has 94 valence electrons. The smallest absolute Gasteiger partial charge is 0.182 e. The number of rotatable bonds is 2. The van der Waals surface area contributed by atoms with Crippen molar-refractivity contribution in [3.63, 3.8) is 0 Å². The fourth-order valence-electron chi connectivity index (χ4n) is 1.86. The van der Waals surface area contributed by atoms with Crippen molar-refractivity contribution in [2.24, 2.45) is 10.2 Å². The van der Waals surface area contributed by atoms with Gasteiger partial charge in [0.05, 0.1) is 5.69 Å². The monoisotopic (exact) mass is 254 g/mol. The average molecular weight is 254 g/mol. The van der Waals surface area contributed by atoms with Crippen molar-refractivity contribution >= 4 is 17.2 Å². The van der Waals surface area contributed by atoms with Crippen LogP contribution in [-0.2, 0) is 0 Å². The summed E-state index contributed by atoms with van der Waals surface area (Å²) in [7, 11) is 0. The molecule has 1 aromatic carbocycles. The SMILES string of the molecule is Cc1nc2ccccn2c1N=Nc1ccccc1F. The van der Waals surface area contributed by atoms with E-state index in [1.165, 1.54) is 6.07 Å². The molecule has 0 aliphatic carbocycles. The van der Waals surface area contributed by atoms with Crippen LogP contribution < -0.4 is 0 Å². The van der Waals surface area contributed by atoms with Crippen LogP contribution in [0.25, 0.3) is 5.65 Å². The van der Waals surface area contributed by atoms with Crippen LogP contribution in [0.4, 0.5) is 15.9 Å².